The van der Waals surface area contributed by atoms with E-state index in [1.807, 2.05) is 44.3 Å². The van der Waals surface area contributed by atoms with Crippen LogP contribution in [0.1, 0.15) is 74.7 Å². The lowest BCUT2D eigenvalue weighted by molar-refractivity contribution is -0.295. The van der Waals surface area contributed by atoms with Crippen LogP contribution in [0, 0.1) is 29.6 Å². The Morgan fingerprint density at radius 3 is 2.40 bits per heavy atom. The molecule has 0 amide bonds. The largest absolute Gasteiger partial charge is 0.458 e. The minimum Gasteiger partial charge on any atom is -0.458 e. The van der Waals surface area contributed by atoms with Crippen LogP contribution in [0.5, 0.6) is 0 Å². The van der Waals surface area contributed by atoms with Gasteiger partial charge in [-0.05, 0) is 61.1 Å². The van der Waals surface area contributed by atoms with E-state index in [0.29, 0.717) is 29.9 Å². The highest BCUT2D eigenvalue weighted by Crippen LogP contribution is 2.49. The molecule has 0 radical (unpaired) electrons. The molecule has 3 aliphatic heterocycles. The highest BCUT2D eigenvalue weighted by atomic mass is 32.2. The number of fused-ring (bicyclic) bond motifs is 2. The van der Waals surface area contributed by atoms with Crippen molar-refractivity contribution in [3.63, 3.8) is 0 Å². The van der Waals surface area contributed by atoms with Crippen LogP contribution in [0.25, 0.3) is 11.2 Å². The molecule has 2 aromatic rings. The summed E-state index contributed by atoms with van der Waals surface area (Å²) < 4.78 is 33.1. The number of ether oxygens (including phenoxy) is 5. The summed E-state index contributed by atoms with van der Waals surface area (Å²) in [4.78, 5) is 71.4. The van der Waals surface area contributed by atoms with Gasteiger partial charge in [0.25, 0.3) is 0 Å². The molecule has 306 valence electrons. The van der Waals surface area contributed by atoms with Gasteiger partial charge in [-0.25, -0.2) is 15.0 Å². The molecule has 3 unspecified atom stereocenters. The SMILES string of the molecule is CC[C@H]1OC(=O)[C@H](C)C(=O)[C@H](C)[C@@H](OC2O[C@H](C)C[C@H](N(C)C)[C@H]2O)[C@](C)(OC)C[C@@H](C)C(=O)C(C)[C@H]2C(SCCn3cnc4cncnc43)C(=O)O[C@@]21C. The minimum atomic E-state index is -1.37. The van der Waals surface area contributed by atoms with Gasteiger partial charge in [0.1, 0.15) is 41.0 Å². The smallest absolute Gasteiger partial charge is 0.320 e. The average Bonchev–Trinajstić information content (AvgIpc) is 3.68. The van der Waals surface area contributed by atoms with Gasteiger partial charge in [0.15, 0.2) is 23.3 Å². The second-order valence-corrected chi connectivity index (χ2v) is 17.5. The van der Waals surface area contributed by atoms with Crippen LogP contribution in [0.3, 0.4) is 0 Å². The van der Waals surface area contributed by atoms with Gasteiger partial charge >= 0.3 is 11.9 Å². The molecule has 14 atom stereocenters. The van der Waals surface area contributed by atoms with E-state index in [0.717, 1.165) is 0 Å². The molecule has 3 fully saturated rings. The number of aliphatic hydroxyl groups excluding tert-OH is 1. The quantitative estimate of drug-likeness (QED) is 0.288. The molecule has 55 heavy (non-hydrogen) atoms. The van der Waals surface area contributed by atoms with Crippen molar-refractivity contribution in [3.05, 3.63) is 18.9 Å². The summed E-state index contributed by atoms with van der Waals surface area (Å²) in [5, 5.41) is 10.7. The van der Waals surface area contributed by atoms with E-state index >= 15 is 0 Å². The second-order valence-electron chi connectivity index (χ2n) is 16.3. The number of hydrogen-bond donors (Lipinski definition) is 1. The number of thioether (sulfide) groups is 1. The highest BCUT2D eigenvalue weighted by molar-refractivity contribution is 8.00. The predicted molar refractivity (Wildman–Crippen MR) is 204 cm³/mol. The number of carbonyl (C=O) groups excluding carboxylic acids is 4. The van der Waals surface area contributed by atoms with E-state index < -0.39 is 88.4 Å². The molecule has 0 spiro atoms. The van der Waals surface area contributed by atoms with E-state index in [1.54, 1.807) is 40.2 Å². The van der Waals surface area contributed by atoms with Crippen LogP contribution in [-0.4, -0.2) is 133 Å². The summed E-state index contributed by atoms with van der Waals surface area (Å²) in [7, 11) is 5.23. The number of rotatable bonds is 9. The first-order valence-corrected chi connectivity index (χ1v) is 20.4. The van der Waals surface area contributed by atoms with Gasteiger partial charge in [-0.3, -0.25) is 19.2 Å². The lowest BCUT2D eigenvalue weighted by Crippen LogP contribution is -2.59. The number of nitrogens with zero attached hydrogens (tertiary/aromatic N) is 5. The van der Waals surface area contributed by atoms with Gasteiger partial charge in [0.05, 0.1) is 30.3 Å². The molecule has 3 saturated heterocycles. The number of cyclic esters (lactones) is 1. The molecular formula is C39H59N5O10S. The van der Waals surface area contributed by atoms with Crippen LogP contribution >= 0.6 is 11.8 Å². The van der Waals surface area contributed by atoms with E-state index in [9.17, 15) is 24.3 Å². The number of ketones is 2. The van der Waals surface area contributed by atoms with E-state index in [-0.39, 0.29) is 30.8 Å². The summed E-state index contributed by atoms with van der Waals surface area (Å²) in [6.45, 7) is 14.5. The second kappa shape index (κ2) is 17.2. The zero-order valence-corrected chi connectivity index (χ0v) is 34.8. The van der Waals surface area contributed by atoms with E-state index in [2.05, 4.69) is 15.0 Å². The van der Waals surface area contributed by atoms with Gasteiger partial charge in [0, 0.05) is 49.1 Å². The molecule has 0 saturated carbocycles. The van der Waals surface area contributed by atoms with Crippen molar-refractivity contribution in [2.45, 2.75) is 134 Å². The first-order valence-electron chi connectivity index (χ1n) is 19.3. The zero-order chi connectivity index (χ0) is 40.6. The van der Waals surface area contributed by atoms with Crippen LogP contribution in [0.2, 0.25) is 0 Å². The van der Waals surface area contributed by atoms with Crippen molar-refractivity contribution < 1.29 is 48.0 Å². The molecule has 16 heteroatoms. The number of likely N-dealkylation sites (N-methyl/N-ethyl adjacent to an activating group) is 1. The minimum absolute atomic E-state index is 0.131. The van der Waals surface area contributed by atoms with Crippen molar-refractivity contribution in [3.8, 4) is 0 Å². The number of carbonyl (C=O) groups is 4. The molecule has 5 heterocycles. The van der Waals surface area contributed by atoms with Gasteiger partial charge in [-0.15, -0.1) is 11.8 Å². The fraction of sp³-hybridized carbons (Fsp3) is 0.769. The predicted octanol–water partition coefficient (Wildman–Crippen LogP) is 3.48. The molecule has 0 aliphatic carbocycles. The van der Waals surface area contributed by atoms with Crippen molar-refractivity contribution in [2.75, 3.05) is 27.0 Å². The number of aliphatic hydroxyl groups is 1. The monoisotopic (exact) mass is 789 g/mol. The third-order valence-corrected chi connectivity index (χ3v) is 13.5. The van der Waals surface area contributed by atoms with Gasteiger partial charge < -0.3 is 38.3 Å². The Hall–Kier alpha value is -3.02. The maximum absolute atomic E-state index is 14.7. The molecule has 2 aromatic heterocycles. The fourth-order valence-corrected chi connectivity index (χ4v) is 10.5. The maximum atomic E-state index is 14.7. The molecule has 0 aromatic carbocycles. The van der Waals surface area contributed by atoms with Crippen LogP contribution in [0.4, 0.5) is 0 Å². The fourth-order valence-electron chi connectivity index (χ4n) is 9.00. The molecular weight excluding hydrogens is 731 g/mol. The van der Waals surface area contributed by atoms with Crippen LogP contribution < -0.4 is 0 Å². The van der Waals surface area contributed by atoms with E-state index in [1.165, 1.54) is 32.1 Å². The van der Waals surface area contributed by atoms with E-state index in [4.69, 9.17) is 23.7 Å². The van der Waals surface area contributed by atoms with Gasteiger partial charge in [0.2, 0.25) is 0 Å². The topological polar surface area (TPSA) is 181 Å². The Labute approximate surface area is 327 Å². The van der Waals surface area contributed by atoms with Crippen LogP contribution in [-0.2, 0) is 49.4 Å². The Balaban J connectivity index is 1.50. The van der Waals surface area contributed by atoms with Crippen molar-refractivity contribution in [2.24, 2.45) is 29.6 Å². The number of aromatic nitrogens is 4. The Morgan fingerprint density at radius 2 is 1.75 bits per heavy atom. The molecule has 15 nitrogen and oxygen atoms in total. The average molecular weight is 790 g/mol. The molecule has 3 aliphatic rings. The molecule has 5 rings (SSSR count). The van der Waals surface area contributed by atoms with Crippen molar-refractivity contribution in [1.82, 2.24) is 24.4 Å². The number of methoxy groups -OCH3 is 1. The van der Waals surface area contributed by atoms with Crippen molar-refractivity contribution >= 4 is 46.4 Å². The number of esters is 2. The Kier molecular flexibility index (Phi) is 13.5. The van der Waals surface area contributed by atoms with Crippen molar-refractivity contribution in [1.29, 1.82) is 0 Å². The highest BCUT2D eigenvalue weighted by Gasteiger charge is 2.61. The first kappa shape index (κ1) is 43.1. The summed E-state index contributed by atoms with van der Waals surface area (Å²) in [5.74, 6) is -5.62. The summed E-state index contributed by atoms with van der Waals surface area (Å²) in [6, 6.07) is -0.280. The first-order chi connectivity index (χ1) is 25.9. The summed E-state index contributed by atoms with van der Waals surface area (Å²) in [5.41, 5.74) is -1.32. The Bertz CT molecular complexity index is 1710. The van der Waals surface area contributed by atoms with Crippen LogP contribution in [0.15, 0.2) is 18.9 Å². The third-order valence-electron chi connectivity index (χ3n) is 12.2. The number of aryl methyl sites for hydroxylation is 1. The lowest BCUT2D eigenvalue weighted by Gasteiger charge is -2.47. The number of imidazole rings is 1. The zero-order valence-electron chi connectivity index (χ0n) is 34.0. The normalized spacial score (nSPS) is 39.5. The summed E-state index contributed by atoms with van der Waals surface area (Å²) in [6.07, 6.45) is 1.31. The number of hydrogen-bond acceptors (Lipinski definition) is 15. The van der Waals surface area contributed by atoms with Gasteiger partial charge in [-0.1, -0.05) is 27.7 Å². The molecule has 0 bridgehead atoms. The Morgan fingerprint density at radius 1 is 1.04 bits per heavy atom. The maximum Gasteiger partial charge on any atom is 0.320 e. The standard InChI is InChI=1S/C39H59N5O10S/c1-12-27-39(8)28(32(36(49)54-39)55-14-13-44-19-42-25-17-40-18-41-34(25)44)22(4)29(45)20(2)16-38(7,50-11)33(23(5)30(46)24(6)35(48)52-27)53-37-31(47)26(43(9)10)15-21(3)51-37/h17-24,26-28,31-33,37,47H,12-16H2,1-11H3/t20-,21-,22?,23+,24-,26+,27-,28+,31-,32?,33-,37?,38-,39-/m1/s1. The molecule has 1 N–H and O–H groups in total. The summed E-state index contributed by atoms with van der Waals surface area (Å²) >= 11 is 1.38. The third kappa shape index (κ3) is 8.50. The van der Waals surface area contributed by atoms with Gasteiger partial charge in [-0.2, -0.15) is 0 Å². The lowest BCUT2D eigenvalue weighted by atomic mass is 9.70. The number of Topliss-reactive ketones (excluding diaryl/α,β-unsaturated/α-hetero) is 2.